The summed E-state index contributed by atoms with van der Waals surface area (Å²) in [5.74, 6) is -0.618. The average molecular weight is 685 g/mol. The van der Waals surface area contributed by atoms with E-state index in [1.54, 1.807) is 6.07 Å². The summed E-state index contributed by atoms with van der Waals surface area (Å²) in [5, 5.41) is 1.36. The fourth-order valence-corrected chi connectivity index (χ4v) is 9.53. The quantitative estimate of drug-likeness (QED) is 0.338. The van der Waals surface area contributed by atoms with Crippen molar-refractivity contribution in [2.75, 3.05) is 26.7 Å². The fourth-order valence-electron chi connectivity index (χ4n) is 7.93. The van der Waals surface area contributed by atoms with Crippen LogP contribution < -0.4 is 0 Å². The van der Waals surface area contributed by atoms with Crippen molar-refractivity contribution in [3.05, 3.63) is 80.1 Å². The van der Waals surface area contributed by atoms with Crippen molar-refractivity contribution in [2.45, 2.75) is 82.6 Å². The van der Waals surface area contributed by atoms with E-state index >= 15 is 4.39 Å². The Hall–Kier alpha value is -2.59. The highest BCUT2D eigenvalue weighted by Crippen LogP contribution is 2.56. The first kappa shape index (κ1) is 32.0. The number of amides is 2. The summed E-state index contributed by atoms with van der Waals surface area (Å²) < 4.78 is 15.0. The molecule has 0 bridgehead atoms. The van der Waals surface area contributed by atoms with Gasteiger partial charge in [0.15, 0.2) is 5.17 Å². The van der Waals surface area contributed by atoms with Crippen LogP contribution in [0, 0.1) is 11.7 Å². The number of amidine groups is 1. The Kier molecular flexibility index (Phi) is 8.02. The molecule has 2 saturated heterocycles. The second-order valence-electron chi connectivity index (χ2n) is 14.0. The molecule has 7 nitrogen and oxygen atoms in total. The molecule has 4 atom stereocenters. The Morgan fingerprint density at radius 3 is 2.43 bits per heavy atom. The predicted molar refractivity (Wildman–Crippen MR) is 182 cm³/mol. The van der Waals surface area contributed by atoms with Gasteiger partial charge in [0.2, 0.25) is 5.91 Å². The van der Waals surface area contributed by atoms with Crippen LogP contribution in [-0.4, -0.2) is 80.9 Å². The lowest BCUT2D eigenvalue weighted by molar-refractivity contribution is -0.145. The largest absolute Gasteiger partial charge is 0.338 e. The van der Waals surface area contributed by atoms with Gasteiger partial charge in [0, 0.05) is 41.9 Å². The first-order valence-corrected chi connectivity index (χ1v) is 17.8. The van der Waals surface area contributed by atoms with Crippen molar-refractivity contribution >= 4 is 51.9 Å². The predicted octanol–water partition coefficient (Wildman–Crippen LogP) is 7.06. The number of hydrogen-bond donors (Lipinski definition) is 0. The van der Waals surface area contributed by atoms with E-state index < -0.39 is 23.4 Å². The normalized spacial score (nSPS) is 28.8. The zero-order valence-corrected chi connectivity index (χ0v) is 29.2. The maximum absolute atomic E-state index is 15.0. The third-order valence-corrected chi connectivity index (χ3v) is 12.4. The van der Waals surface area contributed by atoms with Crippen LogP contribution in [0.4, 0.5) is 4.39 Å². The molecule has 11 heteroatoms. The lowest BCUT2D eigenvalue weighted by atomic mass is 9.81. The number of piperazine rings is 1. The topological polar surface area (TPSA) is 59.5 Å². The molecule has 2 aromatic carbocycles. The maximum atomic E-state index is 15.0. The molecule has 0 aromatic heterocycles. The van der Waals surface area contributed by atoms with E-state index in [0.29, 0.717) is 33.6 Å². The van der Waals surface area contributed by atoms with Crippen LogP contribution in [0.15, 0.2) is 58.1 Å². The molecule has 2 amide bonds. The number of benzene rings is 2. The van der Waals surface area contributed by atoms with Gasteiger partial charge in [0.1, 0.15) is 22.3 Å². The van der Waals surface area contributed by atoms with Gasteiger partial charge in [0.05, 0.1) is 11.1 Å². The van der Waals surface area contributed by atoms with E-state index in [2.05, 4.69) is 30.7 Å². The molecule has 0 unspecified atom stereocenters. The zero-order valence-electron chi connectivity index (χ0n) is 26.9. The molecule has 5 aliphatic rings. The van der Waals surface area contributed by atoms with E-state index in [9.17, 15) is 9.59 Å². The van der Waals surface area contributed by atoms with Crippen LogP contribution in [0.1, 0.15) is 70.5 Å². The zero-order chi connectivity index (χ0) is 32.7. The standard InChI is InChI=1S/C35H40Cl2FN5O2S/c1-20(2)28-29(32(45)42-21(3)6-13-27(42)31(44)41-17-16-40(5)35(19-41)14-15-35)46-33-39-34(4,23-8-10-24(36)11-9-23)30(43(28)33)22-7-12-25(37)26(38)18-22/h7-12,18,20-21,27,30H,6,13-17,19H2,1-5H3/t21-,27-,30-,34+/m1/s1. The number of carbonyl (C=O) groups excluding carboxylic acids is 2. The molecule has 0 radical (unpaired) electrons. The molecule has 4 heterocycles. The summed E-state index contributed by atoms with van der Waals surface area (Å²) in [5.41, 5.74) is 1.78. The van der Waals surface area contributed by atoms with Gasteiger partial charge < -0.3 is 14.7 Å². The number of fused-ring (bicyclic) bond motifs is 1. The second kappa shape index (κ2) is 11.5. The summed E-state index contributed by atoms with van der Waals surface area (Å²) in [7, 11) is 2.15. The van der Waals surface area contributed by atoms with Crippen molar-refractivity contribution in [3.63, 3.8) is 0 Å². The molecule has 1 spiro atoms. The van der Waals surface area contributed by atoms with Crippen molar-refractivity contribution in [1.82, 2.24) is 19.6 Å². The number of rotatable bonds is 5. The monoisotopic (exact) mass is 683 g/mol. The maximum Gasteiger partial charge on any atom is 0.263 e. The minimum absolute atomic E-state index is 0.0501. The first-order chi connectivity index (χ1) is 21.8. The third kappa shape index (κ3) is 5.08. The van der Waals surface area contributed by atoms with Gasteiger partial charge >= 0.3 is 0 Å². The van der Waals surface area contributed by atoms with Crippen LogP contribution in [0.5, 0.6) is 0 Å². The number of halogens is 3. The number of nitrogens with zero attached hydrogens (tertiary/aromatic N) is 5. The van der Waals surface area contributed by atoms with Gasteiger partial charge in [-0.3, -0.25) is 14.5 Å². The number of carbonyl (C=O) groups is 2. The number of hydrogen-bond acceptors (Lipinski definition) is 6. The highest BCUT2D eigenvalue weighted by Gasteiger charge is 2.55. The molecule has 244 valence electrons. The molecule has 4 aliphatic heterocycles. The van der Waals surface area contributed by atoms with E-state index in [1.165, 1.54) is 17.8 Å². The van der Waals surface area contributed by atoms with Crippen molar-refractivity contribution in [1.29, 1.82) is 0 Å². The highest BCUT2D eigenvalue weighted by atomic mass is 35.5. The van der Waals surface area contributed by atoms with Crippen molar-refractivity contribution < 1.29 is 14.0 Å². The smallest absolute Gasteiger partial charge is 0.263 e. The Bertz CT molecular complexity index is 1660. The summed E-state index contributed by atoms with van der Waals surface area (Å²) in [6, 6.07) is 11.5. The number of likely N-dealkylation sites (tertiary alicyclic amines) is 1. The second-order valence-corrected chi connectivity index (χ2v) is 15.8. The Morgan fingerprint density at radius 1 is 1.07 bits per heavy atom. The van der Waals surface area contributed by atoms with Gasteiger partial charge in [-0.15, -0.1) is 0 Å². The summed E-state index contributed by atoms with van der Waals surface area (Å²) in [6.07, 6.45) is 3.67. The van der Waals surface area contributed by atoms with Crippen LogP contribution >= 0.6 is 35.0 Å². The van der Waals surface area contributed by atoms with Gasteiger partial charge in [-0.25, -0.2) is 9.38 Å². The Labute approximate surface area is 284 Å². The van der Waals surface area contributed by atoms with Crippen LogP contribution in [-0.2, 0) is 15.1 Å². The summed E-state index contributed by atoms with van der Waals surface area (Å²) in [4.78, 5) is 43.0. The van der Waals surface area contributed by atoms with E-state index in [0.717, 1.165) is 43.6 Å². The first-order valence-electron chi connectivity index (χ1n) is 16.2. The molecule has 1 aliphatic carbocycles. The summed E-state index contributed by atoms with van der Waals surface area (Å²) in [6.45, 7) is 10.5. The lowest BCUT2D eigenvalue weighted by Crippen LogP contribution is -2.59. The van der Waals surface area contributed by atoms with Crippen molar-refractivity contribution in [2.24, 2.45) is 10.9 Å². The average Bonchev–Trinajstić information content (AvgIpc) is 3.39. The van der Waals surface area contributed by atoms with E-state index in [-0.39, 0.29) is 34.3 Å². The molecule has 0 N–H and O–H groups in total. The van der Waals surface area contributed by atoms with E-state index in [4.69, 9.17) is 28.2 Å². The number of thioether (sulfide) groups is 1. The molecule has 7 rings (SSSR count). The highest BCUT2D eigenvalue weighted by molar-refractivity contribution is 8.18. The van der Waals surface area contributed by atoms with Gasteiger partial charge in [-0.2, -0.15) is 0 Å². The number of allylic oxidation sites excluding steroid dienone is 1. The van der Waals surface area contributed by atoms with Gasteiger partial charge in [0.25, 0.3) is 5.91 Å². The SMILES string of the molecule is CC(C)C1=C(C(=O)N2[C@H](C)CC[C@@H]2C(=O)N2CCN(C)C3(CC3)C2)SC2=N[C@@](C)(c3ccc(Cl)cc3)[C@@H](c3ccc(Cl)c(F)c3)N21. The summed E-state index contributed by atoms with van der Waals surface area (Å²) >= 11 is 13.8. The minimum Gasteiger partial charge on any atom is -0.338 e. The molecule has 3 fully saturated rings. The Balaban J connectivity index is 1.26. The molecular formula is C35H40Cl2FN5O2S. The van der Waals surface area contributed by atoms with Crippen LogP contribution in [0.3, 0.4) is 0 Å². The molecule has 2 aromatic rings. The number of likely N-dealkylation sites (N-methyl/N-ethyl adjacent to an activating group) is 1. The van der Waals surface area contributed by atoms with Gasteiger partial charge in [-0.1, -0.05) is 55.2 Å². The van der Waals surface area contributed by atoms with E-state index in [1.807, 2.05) is 54.0 Å². The van der Waals surface area contributed by atoms with Crippen LogP contribution in [0.2, 0.25) is 10.0 Å². The third-order valence-electron chi connectivity index (χ3n) is 10.8. The van der Waals surface area contributed by atoms with Crippen LogP contribution in [0.25, 0.3) is 0 Å². The number of aliphatic imine (C=N–C) groups is 1. The molecule has 46 heavy (non-hydrogen) atoms. The minimum atomic E-state index is -0.804. The fraction of sp³-hybridized carbons (Fsp3) is 0.514. The lowest BCUT2D eigenvalue weighted by Gasteiger charge is -2.42. The molecule has 1 saturated carbocycles. The van der Waals surface area contributed by atoms with Crippen molar-refractivity contribution in [3.8, 4) is 0 Å². The Morgan fingerprint density at radius 2 is 1.78 bits per heavy atom. The van der Waals surface area contributed by atoms with Gasteiger partial charge in [-0.05, 0) is 99.7 Å². The molecular weight excluding hydrogens is 644 g/mol.